The number of benzene rings is 2. The number of amides is 2. The summed E-state index contributed by atoms with van der Waals surface area (Å²) in [4.78, 5) is 25.9. The summed E-state index contributed by atoms with van der Waals surface area (Å²) in [5, 5.41) is 7.53. The molecule has 1 heterocycles. The normalized spacial score (nSPS) is 10.3. The van der Waals surface area contributed by atoms with E-state index in [4.69, 9.17) is 4.74 Å². The standard InChI is InChI=1S/C20H18N2O3S2/c1-25-16-7-9-17(10-8-16)27-13-19(23)21-14-4-2-5-15(12-14)22-20(24)18-6-3-11-26-18/h2-12H,13H2,1H3,(H,21,23)(H,22,24). The summed E-state index contributed by atoms with van der Waals surface area (Å²) in [7, 11) is 1.62. The number of thioether (sulfide) groups is 1. The minimum Gasteiger partial charge on any atom is -0.497 e. The van der Waals surface area contributed by atoms with Gasteiger partial charge in [0.15, 0.2) is 0 Å². The monoisotopic (exact) mass is 398 g/mol. The number of hydrogen-bond donors (Lipinski definition) is 2. The number of carbonyl (C=O) groups excluding carboxylic acids is 2. The maximum atomic E-state index is 12.2. The molecule has 2 N–H and O–H groups in total. The van der Waals surface area contributed by atoms with E-state index in [0.717, 1.165) is 10.6 Å². The van der Waals surface area contributed by atoms with Crippen LogP contribution in [0.5, 0.6) is 5.75 Å². The number of carbonyl (C=O) groups is 2. The molecule has 7 heteroatoms. The topological polar surface area (TPSA) is 67.4 Å². The summed E-state index contributed by atoms with van der Waals surface area (Å²) in [6.07, 6.45) is 0. The van der Waals surface area contributed by atoms with E-state index < -0.39 is 0 Å². The Balaban J connectivity index is 1.53. The van der Waals surface area contributed by atoms with Crippen LogP contribution in [0.3, 0.4) is 0 Å². The molecule has 1 aromatic heterocycles. The van der Waals surface area contributed by atoms with E-state index in [1.807, 2.05) is 35.7 Å². The third kappa shape index (κ3) is 5.60. The lowest BCUT2D eigenvalue weighted by Gasteiger charge is -2.08. The van der Waals surface area contributed by atoms with E-state index in [1.165, 1.54) is 23.1 Å². The number of methoxy groups -OCH3 is 1. The van der Waals surface area contributed by atoms with Gasteiger partial charge in [-0.05, 0) is 53.9 Å². The van der Waals surface area contributed by atoms with Crippen molar-refractivity contribution in [2.24, 2.45) is 0 Å². The van der Waals surface area contributed by atoms with Gasteiger partial charge in [-0.25, -0.2) is 0 Å². The molecule has 0 fully saturated rings. The van der Waals surface area contributed by atoms with Gasteiger partial charge in [0.2, 0.25) is 5.91 Å². The minimum atomic E-state index is -0.163. The highest BCUT2D eigenvalue weighted by molar-refractivity contribution is 8.00. The lowest BCUT2D eigenvalue weighted by atomic mass is 10.2. The van der Waals surface area contributed by atoms with E-state index in [1.54, 1.807) is 37.4 Å². The molecular formula is C20H18N2O3S2. The molecule has 0 atom stereocenters. The van der Waals surface area contributed by atoms with Crippen molar-refractivity contribution in [3.8, 4) is 5.75 Å². The van der Waals surface area contributed by atoms with Gasteiger partial charge in [-0.2, -0.15) is 0 Å². The smallest absolute Gasteiger partial charge is 0.265 e. The molecule has 5 nitrogen and oxygen atoms in total. The number of anilines is 2. The molecule has 3 aromatic rings. The van der Waals surface area contributed by atoms with E-state index in [-0.39, 0.29) is 17.6 Å². The van der Waals surface area contributed by atoms with Gasteiger partial charge in [-0.3, -0.25) is 9.59 Å². The van der Waals surface area contributed by atoms with E-state index >= 15 is 0 Å². The van der Waals surface area contributed by atoms with Gasteiger partial charge in [0.25, 0.3) is 5.91 Å². The molecule has 0 radical (unpaired) electrons. The maximum absolute atomic E-state index is 12.2. The van der Waals surface area contributed by atoms with Crippen molar-refractivity contribution in [1.29, 1.82) is 0 Å². The van der Waals surface area contributed by atoms with Gasteiger partial charge in [0.05, 0.1) is 17.7 Å². The van der Waals surface area contributed by atoms with Crippen LogP contribution < -0.4 is 15.4 Å². The quantitative estimate of drug-likeness (QED) is 0.564. The fourth-order valence-corrected chi connectivity index (χ4v) is 3.61. The van der Waals surface area contributed by atoms with E-state index in [2.05, 4.69) is 10.6 Å². The third-order valence-electron chi connectivity index (χ3n) is 3.58. The molecule has 138 valence electrons. The molecule has 2 amide bonds. The molecule has 0 saturated heterocycles. The maximum Gasteiger partial charge on any atom is 0.265 e. The first-order chi connectivity index (χ1) is 13.1. The third-order valence-corrected chi connectivity index (χ3v) is 5.46. The highest BCUT2D eigenvalue weighted by Gasteiger charge is 2.08. The van der Waals surface area contributed by atoms with Crippen LogP contribution in [0, 0.1) is 0 Å². The van der Waals surface area contributed by atoms with Crippen molar-refractivity contribution in [1.82, 2.24) is 0 Å². The molecule has 0 aliphatic heterocycles. The summed E-state index contributed by atoms with van der Waals surface area (Å²) < 4.78 is 5.12. The molecule has 27 heavy (non-hydrogen) atoms. The number of ether oxygens (including phenoxy) is 1. The number of nitrogens with one attached hydrogen (secondary N) is 2. The Labute approximate surface area is 165 Å². The van der Waals surface area contributed by atoms with Crippen molar-refractivity contribution >= 4 is 46.3 Å². The Morgan fingerprint density at radius 3 is 2.41 bits per heavy atom. The van der Waals surface area contributed by atoms with Crippen LogP contribution in [0.4, 0.5) is 11.4 Å². The van der Waals surface area contributed by atoms with Crippen LogP contribution in [-0.4, -0.2) is 24.7 Å². The average Bonchev–Trinajstić information content (AvgIpc) is 3.22. The van der Waals surface area contributed by atoms with Gasteiger partial charge >= 0.3 is 0 Å². The SMILES string of the molecule is COc1ccc(SCC(=O)Nc2cccc(NC(=O)c3cccs3)c2)cc1. The van der Waals surface area contributed by atoms with Gasteiger partial charge in [-0.1, -0.05) is 12.1 Å². The van der Waals surface area contributed by atoms with Crippen LogP contribution >= 0.6 is 23.1 Å². The molecule has 0 aliphatic carbocycles. The second-order valence-corrected chi connectivity index (χ2v) is 7.52. The summed E-state index contributed by atoms with van der Waals surface area (Å²) in [5.74, 6) is 0.796. The first-order valence-corrected chi connectivity index (χ1v) is 10.0. The van der Waals surface area contributed by atoms with Crippen LogP contribution in [0.1, 0.15) is 9.67 Å². The number of thiophene rings is 1. The van der Waals surface area contributed by atoms with Gasteiger partial charge in [-0.15, -0.1) is 23.1 Å². The van der Waals surface area contributed by atoms with Gasteiger partial charge in [0, 0.05) is 16.3 Å². The van der Waals surface area contributed by atoms with E-state index in [0.29, 0.717) is 16.3 Å². The Bertz CT molecular complexity index is 909. The van der Waals surface area contributed by atoms with Crippen LogP contribution in [0.15, 0.2) is 70.9 Å². The van der Waals surface area contributed by atoms with Crippen molar-refractivity contribution in [3.63, 3.8) is 0 Å². The molecule has 0 bridgehead atoms. The van der Waals surface area contributed by atoms with Crippen LogP contribution in [0.25, 0.3) is 0 Å². The zero-order chi connectivity index (χ0) is 19.1. The lowest BCUT2D eigenvalue weighted by Crippen LogP contribution is -2.15. The van der Waals surface area contributed by atoms with E-state index in [9.17, 15) is 9.59 Å². The Kier molecular flexibility index (Phi) is 6.51. The van der Waals surface area contributed by atoms with Crippen LogP contribution in [-0.2, 0) is 4.79 Å². The summed E-state index contributed by atoms with van der Waals surface area (Å²) in [5.41, 5.74) is 1.27. The highest BCUT2D eigenvalue weighted by atomic mass is 32.2. The zero-order valence-corrected chi connectivity index (χ0v) is 16.2. The second-order valence-electron chi connectivity index (χ2n) is 5.52. The number of hydrogen-bond acceptors (Lipinski definition) is 5. The predicted molar refractivity (Wildman–Crippen MR) is 111 cm³/mol. The molecule has 0 unspecified atom stereocenters. The first kappa shape index (κ1) is 19.0. The fourth-order valence-electron chi connectivity index (χ4n) is 2.29. The van der Waals surface area contributed by atoms with Gasteiger partial charge < -0.3 is 15.4 Å². The molecule has 0 spiro atoms. The van der Waals surface area contributed by atoms with Crippen molar-refractivity contribution in [2.75, 3.05) is 23.5 Å². The van der Waals surface area contributed by atoms with Crippen molar-refractivity contribution in [3.05, 3.63) is 70.9 Å². The second kappa shape index (κ2) is 9.25. The summed E-state index contributed by atoms with van der Waals surface area (Å²) >= 11 is 2.82. The summed E-state index contributed by atoms with van der Waals surface area (Å²) in [6, 6.07) is 18.2. The predicted octanol–water partition coefficient (Wildman–Crippen LogP) is 4.74. The fraction of sp³-hybridized carbons (Fsp3) is 0.100. The van der Waals surface area contributed by atoms with Crippen molar-refractivity contribution < 1.29 is 14.3 Å². The Morgan fingerprint density at radius 1 is 1.00 bits per heavy atom. The zero-order valence-electron chi connectivity index (χ0n) is 14.6. The van der Waals surface area contributed by atoms with Crippen molar-refractivity contribution in [2.45, 2.75) is 4.90 Å². The molecule has 0 saturated carbocycles. The molecule has 3 rings (SSSR count). The molecular weight excluding hydrogens is 380 g/mol. The summed E-state index contributed by atoms with van der Waals surface area (Å²) in [6.45, 7) is 0. The highest BCUT2D eigenvalue weighted by Crippen LogP contribution is 2.22. The minimum absolute atomic E-state index is 0.113. The number of rotatable bonds is 7. The Hall–Kier alpha value is -2.77. The van der Waals surface area contributed by atoms with Gasteiger partial charge in [0.1, 0.15) is 5.75 Å². The molecule has 0 aliphatic rings. The molecule has 2 aromatic carbocycles. The largest absolute Gasteiger partial charge is 0.497 e. The first-order valence-electron chi connectivity index (χ1n) is 8.15. The Morgan fingerprint density at radius 2 is 1.74 bits per heavy atom. The lowest BCUT2D eigenvalue weighted by molar-refractivity contribution is -0.113. The average molecular weight is 399 g/mol. The van der Waals surface area contributed by atoms with Crippen LogP contribution in [0.2, 0.25) is 0 Å².